The summed E-state index contributed by atoms with van der Waals surface area (Å²) >= 11 is 11.1. The van der Waals surface area contributed by atoms with Gasteiger partial charge in [0.25, 0.3) is 0 Å². The lowest BCUT2D eigenvalue weighted by atomic mass is 10.1. The fourth-order valence-electron chi connectivity index (χ4n) is 1.52. The average molecular weight is 292 g/mol. The molecule has 0 fully saturated rings. The molecular formula is C12H6Cl2F3N. The summed E-state index contributed by atoms with van der Waals surface area (Å²) in [4.78, 5) is 3.40. The van der Waals surface area contributed by atoms with Crippen LogP contribution in [0.3, 0.4) is 0 Å². The molecule has 94 valence electrons. The zero-order valence-electron chi connectivity index (χ0n) is 8.80. The largest absolute Gasteiger partial charge is 0.444 e. The van der Waals surface area contributed by atoms with Crippen LogP contribution in [0.2, 0.25) is 5.02 Å². The van der Waals surface area contributed by atoms with Gasteiger partial charge in [0.1, 0.15) is 0 Å². The number of halogens is 5. The van der Waals surface area contributed by atoms with Crippen LogP contribution in [-0.4, -0.2) is 11.3 Å². The van der Waals surface area contributed by atoms with Crippen molar-refractivity contribution in [3.63, 3.8) is 0 Å². The predicted molar refractivity (Wildman–Crippen MR) is 68.0 cm³/mol. The molecule has 18 heavy (non-hydrogen) atoms. The van der Waals surface area contributed by atoms with Gasteiger partial charge in [0.05, 0.1) is 5.69 Å². The summed E-state index contributed by atoms with van der Waals surface area (Å²) in [6.45, 7) is 0. The third-order valence-corrected chi connectivity index (χ3v) is 2.93. The number of aliphatic imine (C=N–C) groups is 1. The maximum absolute atomic E-state index is 12.3. The fraction of sp³-hybridized carbons (Fsp3) is 0.0833. The first kappa shape index (κ1) is 13.2. The number of nitrogens with zero attached hydrogens (tertiary/aromatic N) is 1. The van der Waals surface area contributed by atoms with E-state index in [-0.39, 0.29) is 5.69 Å². The quantitative estimate of drug-likeness (QED) is 0.630. The molecule has 0 amide bonds. The van der Waals surface area contributed by atoms with Gasteiger partial charge in [-0.1, -0.05) is 47.5 Å². The van der Waals surface area contributed by atoms with Gasteiger partial charge in [-0.2, -0.15) is 13.2 Å². The van der Waals surface area contributed by atoms with Crippen LogP contribution in [0.1, 0.15) is 0 Å². The van der Waals surface area contributed by atoms with Crippen LogP contribution >= 0.6 is 23.2 Å². The Morgan fingerprint density at radius 3 is 2.28 bits per heavy atom. The third kappa shape index (κ3) is 2.60. The van der Waals surface area contributed by atoms with Crippen molar-refractivity contribution in [1.29, 1.82) is 0 Å². The summed E-state index contributed by atoms with van der Waals surface area (Å²) in [7, 11) is 0. The molecular weight excluding hydrogens is 286 g/mol. The molecule has 0 saturated carbocycles. The molecule has 0 aliphatic rings. The summed E-state index contributed by atoms with van der Waals surface area (Å²) < 4.78 is 37.0. The normalized spacial score (nSPS) is 13.1. The Balaban J connectivity index is 2.63. The van der Waals surface area contributed by atoms with Crippen LogP contribution in [0.15, 0.2) is 41.4 Å². The molecule has 0 aliphatic heterocycles. The van der Waals surface area contributed by atoms with Gasteiger partial charge < -0.3 is 0 Å². The summed E-state index contributed by atoms with van der Waals surface area (Å²) in [6.07, 6.45) is -4.65. The maximum atomic E-state index is 12.3. The van der Waals surface area contributed by atoms with E-state index in [1.807, 2.05) is 0 Å². The van der Waals surface area contributed by atoms with Gasteiger partial charge in [0.2, 0.25) is 5.17 Å². The lowest BCUT2D eigenvalue weighted by molar-refractivity contribution is -0.0558. The van der Waals surface area contributed by atoms with Crippen LogP contribution in [-0.2, 0) is 0 Å². The lowest BCUT2D eigenvalue weighted by Crippen LogP contribution is -2.16. The number of benzene rings is 2. The van der Waals surface area contributed by atoms with E-state index in [1.165, 1.54) is 6.07 Å². The molecule has 2 rings (SSSR count). The molecule has 6 heteroatoms. The van der Waals surface area contributed by atoms with Crippen molar-refractivity contribution in [2.45, 2.75) is 6.18 Å². The van der Waals surface area contributed by atoms with E-state index < -0.39 is 11.3 Å². The van der Waals surface area contributed by atoms with Crippen LogP contribution in [0.4, 0.5) is 18.9 Å². The molecule has 0 spiro atoms. The Hall–Kier alpha value is -1.26. The smallest absolute Gasteiger partial charge is 0.232 e. The second-order valence-corrected chi connectivity index (χ2v) is 4.28. The van der Waals surface area contributed by atoms with E-state index >= 15 is 0 Å². The Labute approximate surface area is 111 Å². The van der Waals surface area contributed by atoms with E-state index in [9.17, 15) is 13.2 Å². The number of fused-ring (bicyclic) bond motifs is 1. The highest BCUT2D eigenvalue weighted by molar-refractivity contribution is 6.67. The highest BCUT2D eigenvalue weighted by Gasteiger charge is 2.34. The van der Waals surface area contributed by atoms with E-state index in [1.54, 1.807) is 30.3 Å². The minimum absolute atomic E-state index is 0.136. The van der Waals surface area contributed by atoms with Crippen LogP contribution < -0.4 is 0 Å². The lowest BCUT2D eigenvalue weighted by Gasteiger charge is -2.06. The van der Waals surface area contributed by atoms with E-state index in [4.69, 9.17) is 23.2 Å². The van der Waals surface area contributed by atoms with Gasteiger partial charge >= 0.3 is 6.18 Å². The molecule has 2 aromatic rings. The van der Waals surface area contributed by atoms with Crippen molar-refractivity contribution in [2.75, 3.05) is 0 Å². The van der Waals surface area contributed by atoms with Gasteiger partial charge in [0, 0.05) is 15.8 Å². The Bertz CT molecular complexity index is 620. The number of rotatable bonds is 1. The molecule has 0 atom stereocenters. The van der Waals surface area contributed by atoms with Crippen molar-refractivity contribution in [3.8, 4) is 0 Å². The summed E-state index contributed by atoms with van der Waals surface area (Å²) in [5, 5.41) is 0.196. The first-order valence-corrected chi connectivity index (χ1v) is 5.64. The van der Waals surface area contributed by atoms with Crippen molar-refractivity contribution in [3.05, 3.63) is 41.4 Å². The number of hydrogen-bond donors (Lipinski definition) is 0. The molecule has 0 unspecified atom stereocenters. The highest BCUT2D eigenvalue weighted by Crippen LogP contribution is 2.32. The molecule has 0 radical (unpaired) electrons. The van der Waals surface area contributed by atoms with Gasteiger partial charge in [-0.05, 0) is 12.1 Å². The number of hydrogen-bond acceptors (Lipinski definition) is 1. The maximum Gasteiger partial charge on any atom is 0.444 e. The first-order chi connectivity index (χ1) is 8.39. The SMILES string of the molecule is FC(F)(F)C(Cl)=Nc1cccc2c(Cl)cccc12. The van der Waals surface area contributed by atoms with E-state index in [0.29, 0.717) is 15.8 Å². The number of alkyl halides is 3. The van der Waals surface area contributed by atoms with Crippen LogP contribution in [0, 0.1) is 0 Å². The van der Waals surface area contributed by atoms with Gasteiger partial charge in [-0.3, -0.25) is 0 Å². The Morgan fingerprint density at radius 1 is 1.00 bits per heavy atom. The highest BCUT2D eigenvalue weighted by atomic mass is 35.5. The topological polar surface area (TPSA) is 12.4 Å². The first-order valence-electron chi connectivity index (χ1n) is 4.88. The third-order valence-electron chi connectivity index (χ3n) is 2.30. The zero-order valence-corrected chi connectivity index (χ0v) is 10.3. The Morgan fingerprint density at radius 2 is 1.61 bits per heavy atom. The predicted octanol–water partition coefficient (Wildman–Crippen LogP) is 5.32. The van der Waals surface area contributed by atoms with Gasteiger partial charge in [-0.15, -0.1) is 0 Å². The van der Waals surface area contributed by atoms with Gasteiger partial charge in [0.15, 0.2) is 0 Å². The van der Waals surface area contributed by atoms with Crippen molar-refractivity contribution in [1.82, 2.24) is 0 Å². The molecule has 0 bridgehead atoms. The minimum atomic E-state index is -4.65. The van der Waals surface area contributed by atoms with Crippen LogP contribution in [0.5, 0.6) is 0 Å². The zero-order chi connectivity index (χ0) is 13.3. The molecule has 1 nitrogen and oxygen atoms in total. The molecule has 0 heterocycles. The van der Waals surface area contributed by atoms with Crippen LogP contribution in [0.25, 0.3) is 10.8 Å². The fourth-order valence-corrected chi connectivity index (χ4v) is 1.85. The van der Waals surface area contributed by atoms with E-state index in [0.717, 1.165) is 0 Å². The summed E-state index contributed by atoms with van der Waals surface area (Å²) in [5.74, 6) is 0. The summed E-state index contributed by atoms with van der Waals surface area (Å²) in [5.41, 5.74) is 0.136. The molecule has 0 N–H and O–H groups in total. The van der Waals surface area contributed by atoms with Crippen molar-refractivity contribution < 1.29 is 13.2 Å². The summed E-state index contributed by atoms with van der Waals surface area (Å²) in [6, 6.07) is 9.67. The monoisotopic (exact) mass is 291 g/mol. The van der Waals surface area contributed by atoms with Gasteiger partial charge in [-0.25, -0.2) is 4.99 Å². The Kier molecular flexibility index (Phi) is 3.50. The van der Waals surface area contributed by atoms with Crippen molar-refractivity contribution in [2.24, 2.45) is 4.99 Å². The minimum Gasteiger partial charge on any atom is -0.232 e. The molecule has 0 aromatic heterocycles. The van der Waals surface area contributed by atoms with Crippen molar-refractivity contribution >= 4 is 44.8 Å². The average Bonchev–Trinajstić information content (AvgIpc) is 2.29. The second kappa shape index (κ2) is 4.78. The molecule has 0 saturated heterocycles. The van der Waals surface area contributed by atoms with E-state index in [2.05, 4.69) is 4.99 Å². The standard InChI is InChI=1S/C12H6Cl2F3N/c13-9-5-1-4-8-7(9)3-2-6-10(8)18-11(14)12(15,16)17/h1-6H. The molecule has 2 aromatic carbocycles. The molecule has 0 aliphatic carbocycles. The second-order valence-electron chi connectivity index (χ2n) is 3.51.